The summed E-state index contributed by atoms with van der Waals surface area (Å²) in [4.78, 5) is 47.9. The molecule has 3 amide bonds. The fraction of sp³-hybridized carbons (Fsp3) is 0.214. The van der Waals surface area contributed by atoms with Gasteiger partial charge in [0.05, 0.1) is 23.1 Å². The maximum Gasteiger partial charge on any atom is 0.257 e. The van der Waals surface area contributed by atoms with E-state index in [-0.39, 0.29) is 34.0 Å². The Morgan fingerprint density at radius 2 is 1.75 bits per heavy atom. The average molecular weight is 570 g/mol. The monoisotopic (exact) mass is 569 g/mol. The van der Waals surface area contributed by atoms with E-state index in [1.54, 1.807) is 20.8 Å². The minimum Gasteiger partial charge on any atom is -0.349 e. The predicted molar refractivity (Wildman–Crippen MR) is 143 cm³/mol. The number of carbonyl (C=O) groups is 3. The van der Waals surface area contributed by atoms with Gasteiger partial charge in [0, 0.05) is 16.1 Å². The van der Waals surface area contributed by atoms with Crippen molar-refractivity contribution in [1.82, 2.24) is 20.6 Å². The number of hydrogen-bond donors (Lipinski definition) is 3. The van der Waals surface area contributed by atoms with Gasteiger partial charge in [-0.3, -0.25) is 14.4 Å². The zero-order chi connectivity index (χ0) is 28.9. The molecule has 0 aliphatic carbocycles. The number of nitrogens with zero attached hydrogens (tertiary/aromatic N) is 2. The lowest BCUT2D eigenvalue weighted by Gasteiger charge is -2.26. The van der Waals surface area contributed by atoms with E-state index in [2.05, 4.69) is 20.6 Å². The number of aromatic nitrogens is 2. The van der Waals surface area contributed by atoms with Gasteiger partial charge in [0.25, 0.3) is 5.91 Å². The zero-order valence-electron chi connectivity index (χ0n) is 21.5. The Morgan fingerprint density at radius 1 is 1.05 bits per heavy atom. The van der Waals surface area contributed by atoms with Gasteiger partial charge in [0.1, 0.15) is 29.1 Å². The normalized spacial score (nSPS) is 13.9. The summed E-state index contributed by atoms with van der Waals surface area (Å²) in [5, 5.41) is 5.20. The molecule has 0 bridgehead atoms. The van der Waals surface area contributed by atoms with Crippen LogP contribution in [0.25, 0.3) is 11.0 Å². The van der Waals surface area contributed by atoms with Crippen molar-refractivity contribution in [2.45, 2.75) is 38.8 Å². The van der Waals surface area contributed by atoms with Crippen molar-refractivity contribution in [3.8, 4) is 0 Å². The smallest absolute Gasteiger partial charge is 0.257 e. The summed E-state index contributed by atoms with van der Waals surface area (Å²) < 4.78 is 43.0. The van der Waals surface area contributed by atoms with Crippen LogP contribution < -0.4 is 15.5 Å². The molecular formula is C28H23ClF3N5O3. The molecule has 5 rings (SSSR count). The maximum atomic E-state index is 15.2. The molecular weight excluding hydrogens is 547 g/mol. The lowest BCUT2D eigenvalue weighted by atomic mass is 10.0. The summed E-state index contributed by atoms with van der Waals surface area (Å²) in [6.45, 7) is 5.15. The van der Waals surface area contributed by atoms with Crippen molar-refractivity contribution in [2.24, 2.45) is 0 Å². The molecule has 0 saturated carbocycles. The number of nitrogens with one attached hydrogen (secondary N) is 3. The molecule has 0 radical (unpaired) electrons. The minimum absolute atomic E-state index is 0.000193. The second-order valence-electron chi connectivity index (χ2n) is 10.4. The van der Waals surface area contributed by atoms with Gasteiger partial charge in [-0.2, -0.15) is 0 Å². The Kier molecular flexibility index (Phi) is 6.79. The van der Waals surface area contributed by atoms with Crippen LogP contribution in [0, 0.1) is 17.5 Å². The van der Waals surface area contributed by atoms with Gasteiger partial charge >= 0.3 is 0 Å². The van der Waals surface area contributed by atoms with E-state index in [0.29, 0.717) is 11.3 Å². The lowest BCUT2D eigenvalue weighted by molar-refractivity contribution is -0.124. The summed E-state index contributed by atoms with van der Waals surface area (Å²) >= 11 is 6.25. The van der Waals surface area contributed by atoms with Gasteiger partial charge in [-0.1, -0.05) is 11.6 Å². The largest absolute Gasteiger partial charge is 0.349 e. The van der Waals surface area contributed by atoms with Crippen molar-refractivity contribution in [3.05, 3.63) is 87.7 Å². The Morgan fingerprint density at radius 3 is 2.48 bits per heavy atom. The van der Waals surface area contributed by atoms with Crippen LogP contribution in [-0.4, -0.2) is 33.2 Å². The molecule has 4 aromatic rings. The van der Waals surface area contributed by atoms with Crippen molar-refractivity contribution in [2.75, 3.05) is 4.90 Å². The summed E-state index contributed by atoms with van der Waals surface area (Å²) in [5.41, 5.74) is -0.263. The molecule has 0 unspecified atom stereocenters. The van der Waals surface area contributed by atoms with Gasteiger partial charge in [0.15, 0.2) is 0 Å². The Labute approximate surface area is 231 Å². The molecule has 1 atom stereocenters. The van der Waals surface area contributed by atoms with Gasteiger partial charge in [-0.25, -0.2) is 23.1 Å². The number of imidazole rings is 1. The summed E-state index contributed by atoms with van der Waals surface area (Å²) in [5.74, 6) is -4.23. The quantitative estimate of drug-likeness (QED) is 0.305. The molecule has 2 heterocycles. The van der Waals surface area contributed by atoms with Crippen LogP contribution in [0.5, 0.6) is 0 Å². The molecule has 40 heavy (non-hydrogen) atoms. The van der Waals surface area contributed by atoms with Crippen LogP contribution in [0.4, 0.5) is 24.8 Å². The van der Waals surface area contributed by atoms with Crippen molar-refractivity contribution in [1.29, 1.82) is 0 Å². The minimum atomic E-state index is -1.48. The van der Waals surface area contributed by atoms with Crippen molar-refractivity contribution >= 4 is 52.0 Å². The maximum absolute atomic E-state index is 15.2. The molecule has 3 N–H and O–H groups in total. The summed E-state index contributed by atoms with van der Waals surface area (Å²) in [6.07, 6.45) is -0.0647. The van der Waals surface area contributed by atoms with Crippen LogP contribution in [-0.2, 0) is 16.0 Å². The van der Waals surface area contributed by atoms with E-state index in [4.69, 9.17) is 11.6 Å². The fourth-order valence-electron chi connectivity index (χ4n) is 4.56. The highest BCUT2D eigenvalue weighted by molar-refractivity contribution is 6.31. The van der Waals surface area contributed by atoms with Crippen LogP contribution >= 0.6 is 11.6 Å². The highest BCUT2D eigenvalue weighted by Gasteiger charge is 2.33. The Bertz CT molecular complexity index is 1700. The molecule has 1 aliphatic rings. The molecule has 0 fully saturated rings. The summed E-state index contributed by atoms with van der Waals surface area (Å²) in [6, 6.07) is 8.10. The Balaban J connectivity index is 1.55. The molecule has 1 aliphatic heterocycles. The number of aromatic amines is 1. The molecule has 8 nitrogen and oxygen atoms in total. The van der Waals surface area contributed by atoms with E-state index in [1.807, 2.05) is 0 Å². The average Bonchev–Trinajstić information content (AvgIpc) is 3.42. The SMILES string of the molecule is CC(C)(C)NC(=O)[C@@H](NC(=O)c1c(F)ccc2nc(N3C(=O)Cc4cc(F)ccc43)[nH]c12)c1cc(F)ccc1Cl. The third kappa shape index (κ3) is 5.12. The number of hydrogen-bond acceptors (Lipinski definition) is 4. The highest BCUT2D eigenvalue weighted by atomic mass is 35.5. The second-order valence-corrected chi connectivity index (χ2v) is 10.8. The highest BCUT2D eigenvalue weighted by Crippen LogP contribution is 2.36. The number of halogens is 4. The lowest BCUT2D eigenvalue weighted by Crippen LogP contribution is -2.48. The van der Waals surface area contributed by atoms with Gasteiger partial charge in [0.2, 0.25) is 17.8 Å². The number of benzene rings is 3. The topological polar surface area (TPSA) is 107 Å². The van der Waals surface area contributed by atoms with Gasteiger partial charge in [-0.15, -0.1) is 0 Å². The molecule has 0 spiro atoms. The number of amides is 3. The van der Waals surface area contributed by atoms with Crippen LogP contribution in [0.3, 0.4) is 0 Å². The summed E-state index contributed by atoms with van der Waals surface area (Å²) in [7, 11) is 0. The molecule has 12 heteroatoms. The number of rotatable bonds is 5. The van der Waals surface area contributed by atoms with E-state index in [0.717, 1.165) is 18.2 Å². The molecule has 1 aromatic heterocycles. The van der Waals surface area contributed by atoms with Crippen LogP contribution in [0.1, 0.15) is 48.3 Å². The standard InChI is InChI=1S/C28H23ClF3N5O3/c1-28(2,3)36-26(40)23(16-12-15(31)4-6-17(16)29)34-25(39)22-18(32)7-8-19-24(22)35-27(33-19)37-20-9-5-14(30)10-13(20)11-21(37)38/h4-10,12,23H,11H2,1-3H3,(H,33,35)(H,34,39)(H,36,40)/t23-/m0/s1. The molecule has 206 valence electrons. The van der Waals surface area contributed by atoms with Crippen molar-refractivity contribution in [3.63, 3.8) is 0 Å². The molecule has 3 aromatic carbocycles. The number of anilines is 2. The van der Waals surface area contributed by atoms with E-state index >= 15 is 4.39 Å². The van der Waals surface area contributed by atoms with E-state index in [1.165, 1.54) is 35.2 Å². The van der Waals surface area contributed by atoms with E-state index in [9.17, 15) is 23.2 Å². The zero-order valence-corrected chi connectivity index (χ0v) is 22.3. The predicted octanol–water partition coefficient (Wildman–Crippen LogP) is 5.24. The number of fused-ring (bicyclic) bond motifs is 2. The van der Waals surface area contributed by atoms with Crippen LogP contribution in [0.15, 0.2) is 48.5 Å². The van der Waals surface area contributed by atoms with E-state index < -0.39 is 52.3 Å². The molecule has 0 saturated heterocycles. The fourth-order valence-corrected chi connectivity index (χ4v) is 4.78. The first-order valence-electron chi connectivity index (χ1n) is 12.2. The first-order valence-corrected chi connectivity index (χ1v) is 12.6. The first-order chi connectivity index (χ1) is 18.8. The van der Waals surface area contributed by atoms with Crippen LogP contribution in [0.2, 0.25) is 5.02 Å². The first kappa shape index (κ1) is 27.2. The number of H-pyrrole nitrogens is 1. The van der Waals surface area contributed by atoms with Crippen molar-refractivity contribution < 1.29 is 27.6 Å². The third-order valence-electron chi connectivity index (χ3n) is 6.21. The third-order valence-corrected chi connectivity index (χ3v) is 6.56. The second kappa shape index (κ2) is 9.98. The Hall–Kier alpha value is -4.38. The van der Waals surface area contributed by atoms with Gasteiger partial charge in [-0.05, 0) is 74.9 Å². The van der Waals surface area contributed by atoms with Gasteiger partial charge < -0.3 is 15.6 Å². The number of carbonyl (C=O) groups excluding carboxylic acids is 3.